The summed E-state index contributed by atoms with van der Waals surface area (Å²) in [5.41, 5.74) is 16.7. The van der Waals surface area contributed by atoms with Crippen molar-refractivity contribution in [3.05, 3.63) is 212 Å². The average molecular weight is 732 g/mol. The van der Waals surface area contributed by atoms with Crippen LogP contribution in [0.3, 0.4) is 0 Å². The van der Waals surface area contributed by atoms with Gasteiger partial charge >= 0.3 is 0 Å². The zero-order chi connectivity index (χ0) is 38.1. The number of benzene rings is 9. The van der Waals surface area contributed by atoms with Crippen LogP contribution in [0.2, 0.25) is 0 Å². The third kappa shape index (κ3) is 6.62. The smallest absolute Gasteiger partial charge is 0.137 e. The predicted octanol–water partition coefficient (Wildman–Crippen LogP) is 15.0. The zero-order valence-electron chi connectivity index (χ0n) is 31.1. The first kappa shape index (κ1) is 33.9. The molecule has 270 valence electrons. The normalized spacial score (nSPS) is 11.2. The molecule has 10 rings (SSSR count). The van der Waals surface area contributed by atoms with E-state index in [0.29, 0.717) is 0 Å². The highest BCUT2D eigenvalue weighted by Crippen LogP contribution is 2.42. The van der Waals surface area contributed by atoms with Gasteiger partial charge in [0, 0.05) is 16.6 Å². The number of rotatable bonds is 8. The summed E-state index contributed by atoms with van der Waals surface area (Å²) >= 11 is 0. The zero-order valence-corrected chi connectivity index (χ0v) is 31.1. The number of anilines is 2. The molecule has 0 amide bonds. The predicted molar refractivity (Wildman–Crippen MR) is 238 cm³/mol. The third-order valence-electron chi connectivity index (χ3n) is 10.8. The maximum absolute atomic E-state index is 10.9. The molecular weight excluding hydrogens is 695 g/mol. The first-order valence-electron chi connectivity index (χ1n) is 19.2. The van der Waals surface area contributed by atoms with Crippen molar-refractivity contribution in [2.45, 2.75) is 0 Å². The van der Waals surface area contributed by atoms with Crippen LogP contribution in [-0.4, -0.2) is 5.11 Å². The molecule has 2 N–H and O–H groups in total. The Bertz CT molecular complexity index is 2960. The molecule has 0 saturated heterocycles. The highest BCUT2D eigenvalue weighted by molar-refractivity contribution is 6.17. The maximum Gasteiger partial charge on any atom is 0.137 e. The highest BCUT2D eigenvalue weighted by Gasteiger charge is 2.17. The fourth-order valence-corrected chi connectivity index (χ4v) is 7.94. The van der Waals surface area contributed by atoms with E-state index in [-0.39, 0.29) is 5.75 Å². The number of phenolic OH excluding ortho intramolecular Hbond substituents is 1. The standard InChI is InChI=1S/C54H37NO2/c56-50-35-41(27-30-47(50)39-17-8-3-9-18-39)38-25-28-46(29-26-38)55-49-22-12-24-52-54(49)53-48(21-11-23-51(53)57-52)42-20-10-19-40(31-42)45-33-43(36-13-4-1-5-14-36)32-44(34-45)37-15-6-2-7-16-37/h1-35,55-56H. The molecule has 0 atom stereocenters. The van der Waals surface area contributed by atoms with Crippen molar-refractivity contribution in [3.8, 4) is 72.5 Å². The summed E-state index contributed by atoms with van der Waals surface area (Å²) in [6.07, 6.45) is 0. The van der Waals surface area contributed by atoms with Gasteiger partial charge in [-0.1, -0.05) is 152 Å². The number of hydrogen-bond donors (Lipinski definition) is 2. The van der Waals surface area contributed by atoms with Crippen LogP contribution in [0.15, 0.2) is 217 Å². The Labute approximate surface area is 331 Å². The number of hydrogen-bond acceptors (Lipinski definition) is 3. The molecule has 0 saturated carbocycles. The molecule has 10 aromatic rings. The van der Waals surface area contributed by atoms with Crippen molar-refractivity contribution in [2.24, 2.45) is 0 Å². The summed E-state index contributed by atoms with van der Waals surface area (Å²) in [5.74, 6) is 0.262. The summed E-state index contributed by atoms with van der Waals surface area (Å²) in [7, 11) is 0. The molecule has 9 aromatic carbocycles. The van der Waals surface area contributed by atoms with Crippen LogP contribution in [0.4, 0.5) is 11.4 Å². The van der Waals surface area contributed by atoms with E-state index in [2.05, 4.69) is 163 Å². The Balaban J connectivity index is 1.01. The van der Waals surface area contributed by atoms with Crippen molar-refractivity contribution < 1.29 is 9.52 Å². The largest absolute Gasteiger partial charge is 0.507 e. The van der Waals surface area contributed by atoms with Crippen LogP contribution in [0.25, 0.3) is 88.7 Å². The molecule has 0 aliphatic rings. The maximum atomic E-state index is 10.9. The molecule has 1 heterocycles. The van der Waals surface area contributed by atoms with Gasteiger partial charge in [0.15, 0.2) is 0 Å². The van der Waals surface area contributed by atoms with Crippen molar-refractivity contribution in [1.29, 1.82) is 0 Å². The van der Waals surface area contributed by atoms with Gasteiger partial charge in [-0.25, -0.2) is 0 Å². The third-order valence-corrected chi connectivity index (χ3v) is 10.8. The van der Waals surface area contributed by atoms with Crippen LogP contribution in [0.5, 0.6) is 5.75 Å². The average Bonchev–Trinajstić information content (AvgIpc) is 3.67. The molecule has 0 aliphatic carbocycles. The van der Waals surface area contributed by atoms with Gasteiger partial charge < -0.3 is 14.8 Å². The molecule has 0 radical (unpaired) electrons. The summed E-state index contributed by atoms with van der Waals surface area (Å²) in [6, 6.07) is 73.5. The lowest BCUT2D eigenvalue weighted by Crippen LogP contribution is -1.91. The second-order valence-electron chi connectivity index (χ2n) is 14.4. The molecular formula is C54H37NO2. The van der Waals surface area contributed by atoms with Crippen LogP contribution in [0.1, 0.15) is 0 Å². The van der Waals surface area contributed by atoms with E-state index in [9.17, 15) is 5.11 Å². The second-order valence-corrected chi connectivity index (χ2v) is 14.4. The van der Waals surface area contributed by atoms with Crippen molar-refractivity contribution in [3.63, 3.8) is 0 Å². The van der Waals surface area contributed by atoms with E-state index in [0.717, 1.165) is 77.8 Å². The monoisotopic (exact) mass is 731 g/mol. The molecule has 0 bridgehead atoms. The number of aromatic hydroxyl groups is 1. The minimum Gasteiger partial charge on any atom is -0.507 e. The minimum atomic E-state index is 0.262. The number of nitrogens with one attached hydrogen (secondary N) is 1. The first-order chi connectivity index (χ1) is 28.1. The van der Waals surface area contributed by atoms with Crippen molar-refractivity contribution in [1.82, 2.24) is 0 Å². The van der Waals surface area contributed by atoms with Crippen LogP contribution in [0, 0.1) is 0 Å². The molecule has 3 nitrogen and oxygen atoms in total. The number of fused-ring (bicyclic) bond motifs is 3. The highest BCUT2D eigenvalue weighted by atomic mass is 16.3. The molecule has 3 heteroatoms. The van der Waals surface area contributed by atoms with Crippen LogP contribution >= 0.6 is 0 Å². The Kier molecular flexibility index (Phi) is 8.66. The van der Waals surface area contributed by atoms with E-state index < -0.39 is 0 Å². The van der Waals surface area contributed by atoms with Gasteiger partial charge in [0.05, 0.1) is 11.1 Å². The fourth-order valence-electron chi connectivity index (χ4n) is 7.94. The molecule has 0 unspecified atom stereocenters. The van der Waals surface area contributed by atoms with Gasteiger partial charge in [-0.2, -0.15) is 0 Å². The Morgan fingerprint density at radius 1 is 0.316 bits per heavy atom. The van der Waals surface area contributed by atoms with Crippen molar-refractivity contribution >= 4 is 33.3 Å². The fraction of sp³-hybridized carbons (Fsp3) is 0. The lowest BCUT2D eigenvalue weighted by Gasteiger charge is -2.13. The molecule has 1 aromatic heterocycles. The van der Waals surface area contributed by atoms with Gasteiger partial charge in [-0.05, 0) is 122 Å². The molecule has 57 heavy (non-hydrogen) atoms. The van der Waals surface area contributed by atoms with Crippen LogP contribution in [-0.2, 0) is 0 Å². The van der Waals surface area contributed by atoms with Crippen molar-refractivity contribution in [2.75, 3.05) is 5.32 Å². The van der Waals surface area contributed by atoms with E-state index >= 15 is 0 Å². The van der Waals surface area contributed by atoms with Gasteiger partial charge in [0.25, 0.3) is 0 Å². The van der Waals surface area contributed by atoms with E-state index in [4.69, 9.17) is 4.42 Å². The van der Waals surface area contributed by atoms with Gasteiger partial charge in [0.1, 0.15) is 16.9 Å². The SMILES string of the molecule is Oc1cc(-c2ccc(Nc3cccc4oc5cccc(-c6cccc(-c7cc(-c8ccccc8)cc(-c8ccccc8)c7)c6)c5c34)cc2)ccc1-c1ccccc1. The molecule has 0 fully saturated rings. The number of furan rings is 1. The summed E-state index contributed by atoms with van der Waals surface area (Å²) in [5, 5.41) is 16.7. The Morgan fingerprint density at radius 3 is 1.44 bits per heavy atom. The van der Waals surface area contributed by atoms with E-state index in [1.54, 1.807) is 0 Å². The van der Waals surface area contributed by atoms with Gasteiger partial charge in [0.2, 0.25) is 0 Å². The Morgan fingerprint density at radius 2 is 0.789 bits per heavy atom. The van der Waals surface area contributed by atoms with Gasteiger partial charge in [-0.3, -0.25) is 0 Å². The van der Waals surface area contributed by atoms with Crippen LogP contribution < -0.4 is 5.32 Å². The van der Waals surface area contributed by atoms with E-state index in [1.165, 1.54) is 22.3 Å². The Hall–Kier alpha value is -7.62. The number of phenols is 1. The topological polar surface area (TPSA) is 45.4 Å². The summed E-state index contributed by atoms with van der Waals surface area (Å²) < 4.78 is 6.50. The second kappa shape index (κ2) is 14.6. The lowest BCUT2D eigenvalue weighted by atomic mass is 9.91. The van der Waals surface area contributed by atoms with E-state index in [1.807, 2.05) is 54.6 Å². The summed E-state index contributed by atoms with van der Waals surface area (Å²) in [4.78, 5) is 0. The first-order valence-corrected chi connectivity index (χ1v) is 19.2. The van der Waals surface area contributed by atoms with Gasteiger partial charge in [-0.15, -0.1) is 0 Å². The molecule has 0 aliphatic heterocycles. The lowest BCUT2D eigenvalue weighted by molar-refractivity contribution is 0.477. The molecule has 0 spiro atoms. The minimum absolute atomic E-state index is 0.262. The quantitative estimate of drug-likeness (QED) is 0.164. The summed E-state index contributed by atoms with van der Waals surface area (Å²) in [6.45, 7) is 0.